The number of hydrogen-bond donors (Lipinski definition) is 4. The summed E-state index contributed by atoms with van der Waals surface area (Å²) in [4.78, 5) is 20.5. The maximum absolute atomic E-state index is 10.3. The quantitative estimate of drug-likeness (QED) is 0.395. The molecule has 0 aromatic heterocycles. The summed E-state index contributed by atoms with van der Waals surface area (Å²) >= 11 is 0. The highest BCUT2D eigenvalue weighted by Gasteiger charge is 2.21. The number of hydrogen-bond acceptors (Lipinski definition) is 5. The fourth-order valence-electron chi connectivity index (χ4n) is 0.627. The second-order valence-corrected chi connectivity index (χ2v) is 3.87. The van der Waals surface area contributed by atoms with Gasteiger partial charge in [-0.3, -0.25) is 19.5 Å². The van der Waals surface area contributed by atoms with E-state index < -0.39 is 40.4 Å². The highest BCUT2D eigenvalue weighted by Crippen LogP contribution is 1.93. The van der Waals surface area contributed by atoms with Gasteiger partial charge in [-0.05, 0) is 0 Å². The molecule has 0 rings (SSSR count). The second-order valence-electron chi connectivity index (χ2n) is 2.42. The molecule has 0 aliphatic carbocycles. The van der Waals surface area contributed by atoms with Crippen molar-refractivity contribution in [3.63, 3.8) is 0 Å². The minimum Gasteiger partial charge on any atom is -0.481 e. The largest absolute Gasteiger partial charge is 0.481 e. The summed E-state index contributed by atoms with van der Waals surface area (Å²) in [5, 5.41) is 18.5. The molecule has 1 unspecified atom stereocenters. The Labute approximate surface area is 79.3 Å². The molecule has 9 heteroatoms. The van der Waals surface area contributed by atoms with Crippen LogP contribution in [-0.4, -0.2) is 47.0 Å². The molecule has 0 radical (unpaired) electrons. The third-order valence-electron chi connectivity index (χ3n) is 1.19. The Kier molecular flexibility index (Phi) is 4.47. The van der Waals surface area contributed by atoms with E-state index in [4.69, 9.17) is 14.8 Å². The first kappa shape index (κ1) is 12.8. The van der Waals surface area contributed by atoms with Crippen LogP contribution < -0.4 is 5.32 Å². The molecule has 8 nitrogen and oxygen atoms in total. The summed E-state index contributed by atoms with van der Waals surface area (Å²) < 4.78 is 28.6. The zero-order valence-corrected chi connectivity index (χ0v) is 7.69. The normalized spacial score (nSPS) is 13.5. The minimum atomic E-state index is -4.36. The molecule has 14 heavy (non-hydrogen) atoms. The van der Waals surface area contributed by atoms with Crippen molar-refractivity contribution >= 4 is 22.1 Å². The van der Waals surface area contributed by atoms with Crippen LogP contribution in [0.2, 0.25) is 0 Å². The molecule has 0 saturated heterocycles. The van der Waals surface area contributed by atoms with Crippen LogP contribution in [0, 0.1) is 0 Å². The van der Waals surface area contributed by atoms with Crippen LogP contribution >= 0.6 is 0 Å². The van der Waals surface area contributed by atoms with Gasteiger partial charge in [-0.2, -0.15) is 8.42 Å². The number of carbonyl (C=O) groups is 2. The van der Waals surface area contributed by atoms with Crippen molar-refractivity contribution in [3.05, 3.63) is 0 Å². The van der Waals surface area contributed by atoms with Crippen LogP contribution in [0.3, 0.4) is 0 Å². The van der Waals surface area contributed by atoms with Crippen LogP contribution in [0.5, 0.6) is 0 Å². The van der Waals surface area contributed by atoms with Crippen molar-refractivity contribution in [3.8, 4) is 0 Å². The summed E-state index contributed by atoms with van der Waals surface area (Å²) in [6, 6.07) is -1.55. The number of carboxylic acids is 2. The van der Waals surface area contributed by atoms with Gasteiger partial charge in [-0.1, -0.05) is 0 Å². The first-order valence-electron chi connectivity index (χ1n) is 3.35. The molecule has 0 heterocycles. The van der Waals surface area contributed by atoms with E-state index in [1.165, 1.54) is 0 Å². The molecule has 0 saturated carbocycles. The van der Waals surface area contributed by atoms with Crippen molar-refractivity contribution < 1.29 is 32.8 Å². The summed E-state index contributed by atoms with van der Waals surface area (Å²) in [6.45, 7) is 0. The summed E-state index contributed by atoms with van der Waals surface area (Å²) in [5.74, 6) is -3.90. The third kappa shape index (κ3) is 6.34. The van der Waals surface area contributed by atoms with Crippen LogP contribution in [0.1, 0.15) is 6.42 Å². The molecule has 0 aliphatic heterocycles. The molecular formula is C5H9NO7S. The summed E-state index contributed by atoms with van der Waals surface area (Å²) in [7, 11) is -4.36. The van der Waals surface area contributed by atoms with Crippen LogP contribution in [0.4, 0.5) is 0 Å². The zero-order chi connectivity index (χ0) is 11.4. The smallest absolute Gasteiger partial charge is 0.321 e. The van der Waals surface area contributed by atoms with Crippen LogP contribution in [0.25, 0.3) is 0 Å². The number of carboxylic acid groups (broad SMARTS) is 2. The molecule has 0 fully saturated rings. The van der Waals surface area contributed by atoms with Crippen molar-refractivity contribution in [1.29, 1.82) is 0 Å². The van der Waals surface area contributed by atoms with E-state index in [2.05, 4.69) is 0 Å². The lowest BCUT2D eigenvalue weighted by molar-refractivity contribution is -0.145. The Morgan fingerprint density at radius 2 is 1.79 bits per heavy atom. The fraction of sp³-hybridized carbons (Fsp3) is 0.600. The van der Waals surface area contributed by atoms with E-state index in [0.717, 1.165) is 0 Å². The standard InChI is InChI=1S/C5H9NO7S/c7-4(8)1-3(5(9)10)6-2-14(11,12)13/h3,6H,1-2H2,(H,7,8)(H,9,10)(H,11,12,13). The number of aliphatic carboxylic acids is 2. The molecule has 0 spiro atoms. The second kappa shape index (κ2) is 4.88. The Morgan fingerprint density at radius 1 is 1.29 bits per heavy atom. The number of nitrogens with one attached hydrogen (secondary N) is 1. The molecule has 0 aliphatic rings. The van der Waals surface area contributed by atoms with E-state index in [9.17, 15) is 18.0 Å². The summed E-state index contributed by atoms with van der Waals surface area (Å²) in [6.07, 6.45) is -0.773. The Balaban J connectivity index is 4.25. The molecule has 0 aromatic rings. The lowest BCUT2D eigenvalue weighted by Crippen LogP contribution is -2.41. The predicted molar refractivity (Wildman–Crippen MR) is 43.2 cm³/mol. The van der Waals surface area contributed by atoms with Crippen molar-refractivity contribution in [1.82, 2.24) is 5.32 Å². The average molecular weight is 227 g/mol. The zero-order valence-electron chi connectivity index (χ0n) is 6.87. The van der Waals surface area contributed by atoms with Gasteiger partial charge in [0, 0.05) is 0 Å². The van der Waals surface area contributed by atoms with Gasteiger partial charge < -0.3 is 10.2 Å². The van der Waals surface area contributed by atoms with Gasteiger partial charge in [0.05, 0.1) is 6.42 Å². The topological polar surface area (TPSA) is 141 Å². The van der Waals surface area contributed by atoms with Gasteiger partial charge in [-0.25, -0.2) is 0 Å². The highest BCUT2D eigenvalue weighted by atomic mass is 32.2. The van der Waals surface area contributed by atoms with Gasteiger partial charge in [0.25, 0.3) is 10.1 Å². The van der Waals surface area contributed by atoms with Gasteiger partial charge in [0.2, 0.25) is 0 Å². The molecule has 82 valence electrons. The number of rotatable bonds is 6. The lowest BCUT2D eigenvalue weighted by atomic mass is 10.2. The van der Waals surface area contributed by atoms with E-state index in [-0.39, 0.29) is 0 Å². The van der Waals surface area contributed by atoms with Crippen molar-refractivity contribution in [2.24, 2.45) is 0 Å². The fourth-order valence-corrected chi connectivity index (χ4v) is 1.04. The van der Waals surface area contributed by atoms with Gasteiger partial charge in [-0.15, -0.1) is 0 Å². The molecule has 4 N–H and O–H groups in total. The van der Waals surface area contributed by atoms with Crippen molar-refractivity contribution in [2.45, 2.75) is 12.5 Å². The maximum atomic E-state index is 10.3. The molecule has 0 bridgehead atoms. The Morgan fingerprint density at radius 3 is 2.07 bits per heavy atom. The predicted octanol–water partition coefficient (Wildman–Crippen LogP) is -1.65. The highest BCUT2D eigenvalue weighted by molar-refractivity contribution is 7.85. The SMILES string of the molecule is O=C(O)CC(NCS(=O)(=O)O)C(=O)O. The van der Waals surface area contributed by atoms with E-state index >= 15 is 0 Å². The Bertz CT molecular complexity index is 321. The van der Waals surface area contributed by atoms with Crippen LogP contribution in [0.15, 0.2) is 0 Å². The van der Waals surface area contributed by atoms with E-state index in [1.54, 1.807) is 0 Å². The van der Waals surface area contributed by atoms with Gasteiger partial charge in [0.15, 0.2) is 0 Å². The molecule has 0 aromatic carbocycles. The first-order valence-corrected chi connectivity index (χ1v) is 4.96. The van der Waals surface area contributed by atoms with Gasteiger partial charge >= 0.3 is 11.9 Å². The van der Waals surface area contributed by atoms with E-state index in [0.29, 0.717) is 0 Å². The van der Waals surface area contributed by atoms with Gasteiger partial charge in [0.1, 0.15) is 11.9 Å². The molecule has 0 amide bonds. The van der Waals surface area contributed by atoms with E-state index in [1.807, 2.05) is 5.32 Å². The minimum absolute atomic E-state index is 0.773. The Hall–Kier alpha value is -1.19. The molecule has 1 atom stereocenters. The average Bonchev–Trinajstić information content (AvgIpc) is 1.94. The summed E-state index contributed by atoms with van der Waals surface area (Å²) in [5.41, 5.74) is 0. The monoisotopic (exact) mass is 227 g/mol. The lowest BCUT2D eigenvalue weighted by Gasteiger charge is -2.10. The molecular weight excluding hydrogens is 218 g/mol. The maximum Gasteiger partial charge on any atom is 0.321 e. The van der Waals surface area contributed by atoms with Crippen molar-refractivity contribution in [2.75, 3.05) is 5.88 Å². The first-order chi connectivity index (χ1) is 6.22. The van der Waals surface area contributed by atoms with Crippen LogP contribution in [-0.2, 0) is 19.7 Å². The third-order valence-corrected chi connectivity index (χ3v) is 1.72.